The molecular formula is C115H236N6. The first-order valence-corrected chi connectivity index (χ1v) is 58.0. The van der Waals surface area contributed by atoms with Gasteiger partial charge in [-0.1, -0.05) is 524 Å². The van der Waals surface area contributed by atoms with Gasteiger partial charge >= 0.3 is 0 Å². The highest BCUT2D eigenvalue weighted by Crippen LogP contribution is 2.59. The van der Waals surface area contributed by atoms with Crippen LogP contribution in [0.15, 0.2) is 0 Å². The molecule has 0 bridgehead atoms. The molecule has 0 aromatic carbocycles. The molecular weight excluding hydrogens is 1470 g/mol. The Hall–Kier alpha value is -0.240. The number of unbranched alkanes of at least 4 members (excludes halogenated alkanes) is 58. The lowest BCUT2D eigenvalue weighted by Crippen LogP contribution is -2.48. The van der Waals surface area contributed by atoms with Gasteiger partial charge in [-0.15, -0.1) is 0 Å². The summed E-state index contributed by atoms with van der Waals surface area (Å²) in [6.45, 7) is 21.8. The second-order valence-electron chi connectivity index (χ2n) is 42.2. The molecule has 0 saturated heterocycles. The summed E-state index contributed by atoms with van der Waals surface area (Å²) in [5.74, 6) is 13.4. The number of hydrogen-bond donors (Lipinski definition) is 6. The first kappa shape index (κ1) is 119. The summed E-state index contributed by atoms with van der Waals surface area (Å²) in [5, 5.41) is 0. The average Bonchev–Trinajstić information content (AvgIpc) is 0.753. The summed E-state index contributed by atoms with van der Waals surface area (Å²) in [4.78, 5) is 0. The first-order valence-electron chi connectivity index (χ1n) is 58.0. The Morgan fingerprint density at radius 2 is 0.347 bits per heavy atom. The highest BCUT2D eigenvalue weighted by molar-refractivity contribution is 4.99. The van der Waals surface area contributed by atoms with Crippen LogP contribution in [0.4, 0.5) is 0 Å². The van der Waals surface area contributed by atoms with Crippen molar-refractivity contribution in [2.75, 3.05) is 39.3 Å². The molecule has 0 aromatic rings. The van der Waals surface area contributed by atoms with Crippen molar-refractivity contribution in [2.24, 2.45) is 111 Å². The maximum Gasteiger partial charge on any atom is -0.00773 e. The van der Waals surface area contributed by atoms with E-state index in [4.69, 9.17) is 34.4 Å². The molecule has 726 valence electrons. The molecule has 3 fully saturated rings. The summed E-state index contributed by atoms with van der Waals surface area (Å²) in [6, 6.07) is 0. The van der Waals surface area contributed by atoms with Crippen molar-refractivity contribution < 1.29 is 0 Å². The number of nitrogens with two attached hydrogens (primary N) is 6. The second-order valence-corrected chi connectivity index (χ2v) is 42.2. The van der Waals surface area contributed by atoms with Gasteiger partial charge in [-0.05, 0) is 213 Å². The summed E-state index contributed by atoms with van der Waals surface area (Å²) in [6.07, 6.45) is 128. The SMILES string of the molecule is CCCCCC1CCC2C(CCCCCCCCN)C(CCCCCCCCN)CC(CCCCC)C2C1CCCCC.CCCCCCCC1C(CCCCC)CCC(CCCCCCCCCCN)C1CCCCCCCCCN.CCCCCCCCCC(CCCCCCCCCN)C(CCCCCCCC)CCCCCCCCCN. The zero-order valence-electron chi connectivity index (χ0n) is 85.1. The zero-order valence-corrected chi connectivity index (χ0v) is 85.1. The molecule has 3 saturated carbocycles. The van der Waals surface area contributed by atoms with E-state index in [1.807, 2.05) is 0 Å². The van der Waals surface area contributed by atoms with E-state index in [0.29, 0.717) is 0 Å². The van der Waals surface area contributed by atoms with Crippen LogP contribution in [0.2, 0.25) is 0 Å². The largest absolute Gasteiger partial charge is 0.330 e. The lowest BCUT2D eigenvalue weighted by atomic mass is 9.49. The predicted molar refractivity (Wildman–Crippen MR) is 550 cm³/mol. The standard InChI is InChI=1S/C41H82N2.C37H76N2.C37H78N2/c1-4-7-18-25-35-30-31-40-38(28-22-15-11-13-17-24-33-43)36(26-21-14-10-12-16-23-32-42)34-37(27-19-8-5-2)41(40)39(35)29-20-9-6-3;1-3-5-7-15-22-28-36-34(26-20-6-4-2)30-31-35(27-21-16-11-8-9-13-18-24-32-38)37(36)29-23-17-12-10-14-19-25-33-39;1-3-5-7-9-13-19-25-31-37(33-27-21-15-12-17-23-29-35-39)36(30-24-18-10-8-6-4-2)32-26-20-14-11-16-22-28-34-38/h35-41H,4-34,42-43H2,1-3H3;34-37H,3-33,38-39H2,1-2H3;36-37H,3-35,38-39H2,1-2H3. The lowest BCUT2D eigenvalue weighted by Gasteiger charge is -2.56. The van der Waals surface area contributed by atoms with Crippen molar-refractivity contribution in [3.63, 3.8) is 0 Å². The van der Waals surface area contributed by atoms with Gasteiger partial charge in [-0.2, -0.15) is 0 Å². The van der Waals surface area contributed by atoms with Gasteiger partial charge in [0.05, 0.1) is 0 Å². The second kappa shape index (κ2) is 94.4. The molecule has 0 aliphatic heterocycles. The topological polar surface area (TPSA) is 156 Å². The van der Waals surface area contributed by atoms with Crippen molar-refractivity contribution >= 4 is 0 Å². The minimum Gasteiger partial charge on any atom is -0.330 e. The molecule has 0 spiro atoms. The third-order valence-electron chi connectivity index (χ3n) is 31.9. The van der Waals surface area contributed by atoms with Crippen LogP contribution in [-0.4, -0.2) is 39.3 Å². The van der Waals surface area contributed by atoms with Crippen molar-refractivity contribution in [1.82, 2.24) is 0 Å². The molecule has 0 amide bonds. The van der Waals surface area contributed by atoms with Crippen LogP contribution in [0.25, 0.3) is 0 Å². The molecule has 13 unspecified atom stereocenters. The Kier molecular flexibility index (Phi) is 92.7. The monoisotopic (exact) mass is 1700 g/mol. The van der Waals surface area contributed by atoms with Crippen LogP contribution in [0, 0.1) is 76.9 Å². The van der Waals surface area contributed by atoms with E-state index >= 15 is 0 Å². The van der Waals surface area contributed by atoms with Gasteiger partial charge in [0, 0.05) is 0 Å². The van der Waals surface area contributed by atoms with Gasteiger partial charge < -0.3 is 34.4 Å². The molecule has 3 aliphatic rings. The van der Waals surface area contributed by atoms with E-state index < -0.39 is 0 Å². The molecule has 0 aromatic heterocycles. The smallest absolute Gasteiger partial charge is 0.00773 e. The summed E-state index contributed by atoms with van der Waals surface area (Å²) < 4.78 is 0. The average molecular weight is 1700 g/mol. The van der Waals surface area contributed by atoms with E-state index in [9.17, 15) is 0 Å². The summed E-state index contributed by atoms with van der Waals surface area (Å²) >= 11 is 0. The molecule has 121 heavy (non-hydrogen) atoms. The predicted octanol–water partition coefficient (Wildman–Crippen LogP) is 36.6. The molecule has 3 rings (SSSR count). The van der Waals surface area contributed by atoms with E-state index in [1.54, 1.807) is 64.2 Å². The Labute approximate surface area is 765 Å². The van der Waals surface area contributed by atoms with Gasteiger partial charge in [0.15, 0.2) is 0 Å². The van der Waals surface area contributed by atoms with E-state index in [2.05, 4.69) is 48.5 Å². The minimum absolute atomic E-state index is 0.870. The summed E-state index contributed by atoms with van der Waals surface area (Å²) in [5.41, 5.74) is 34.2. The van der Waals surface area contributed by atoms with Crippen LogP contribution in [0.5, 0.6) is 0 Å². The Bertz CT molecular complexity index is 1930. The number of rotatable bonds is 91. The Balaban J connectivity index is 0.000000909. The van der Waals surface area contributed by atoms with E-state index in [1.165, 1.54) is 507 Å². The molecule has 0 radical (unpaired) electrons. The van der Waals surface area contributed by atoms with Crippen molar-refractivity contribution in [3.05, 3.63) is 0 Å². The molecule has 13 atom stereocenters. The normalized spacial score (nSPS) is 21.0. The number of fused-ring (bicyclic) bond motifs is 1. The van der Waals surface area contributed by atoms with Gasteiger partial charge in [0.25, 0.3) is 0 Å². The number of hydrogen-bond acceptors (Lipinski definition) is 6. The first-order chi connectivity index (χ1) is 59.8. The molecule has 6 heteroatoms. The fourth-order valence-corrected chi connectivity index (χ4v) is 24.5. The van der Waals surface area contributed by atoms with Crippen molar-refractivity contribution in [1.29, 1.82) is 0 Å². The van der Waals surface area contributed by atoms with Crippen LogP contribution < -0.4 is 34.4 Å². The molecule has 0 heterocycles. The third kappa shape index (κ3) is 67.6. The fourth-order valence-electron chi connectivity index (χ4n) is 24.5. The van der Waals surface area contributed by atoms with Crippen LogP contribution >= 0.6 is 0 Å². The lowest BCUT2D eigenvalue weighted by molar-refractivity contribution is -0.0660. The van der Waals surface area contributed by atoms with E-state index in [-0.39, 0.29) is 0 Å². The highest BCUT2D eigenvalue weighted by atomic mass is 14.6. The van der Waals surface area contributed by atoms with Crippen LogP contribution in [0.1, 0.15) is 620 Å². The minimum atomic E-state index is 0.870. The molecule has 3 aliphatic carbocycles. The Morgan fingerprint density at radius 1 is 0.165 bits per heavy atom. The Morgan fingerprint density at radius 3 is 0.628 bits per heavy atom. The van der Waals surface area contributed by atoms with Crippen molar-refractivity contribution in [3.8, 4) is 0 Å². The van der Waals surface area contributed by atoms with Gasteiger partial charge in [-0.25, -0.2) is 0 Å². The maximum absolute atomic E-state index is 5.76. The zero-order chi connectivity index (χ0) is 87.7. The highest BCUT2D eigenvalue weighted by Gasteiger charge is 2.50. The molecule has 12 N–H and O–H groups in total. The van der Waals surface area contributed by atoms with Gasteiger partial charge in [0.1, 0.15) is 0 Å². The maximum atomic E-state index is 5.76. The molecule has 6 nitrogen and oxygen atoms in total. The van der Waals surface area contributed by atoms with Crippen molar-refractivity contribution in [2.45, 2.75) is 620 Å². The van der Waals surface area contributed by atoms with Crippen LogP contribution in [0.3, 0.4) is 0 Å². The van der Waals surface area contributed by atoms with Gasteiger partial charge in [0.2, 0.25) is 0 Å². The van der Waals surface area contributed by atoms with E-state index in [0.717, 1.165) is 116 Å². The summed E-state index contributed by atoms with van der Waals surface area (Å²) in [7, 11) is 0. The van der Waals surface area contributed by atoms with Gasteiger partial charge in [-0.3, -0.25) is 0 Å². The third-order valence-corrected chi connectivity index (χ3v) is 31.9. The van der Waals surface area contributed by atoms with Crippen LogP contribution in [-0.2, 0) is 0 Å². The fraction of sp³-hybridized carbons (Fsp3) is 1.00. The quantitative estimate of drug-likeness (QED) is 0.0333.